The molecule has 3 aromatic carbocycles. The number of allylic oxidation sites excluding steroid dienone is 1. The molecule has 0 saturated heterocycles. The zero-order valence-electron chi connectivity index (χ0n) is 17.0. The van der Waals surface area contributed by atoms with Crippen molar-refractivity contribution >= 4 is 52.4 Å². The zero-order valence-corrected chi connectivity index (χ0v) is 19.2. The highest BCUT2D eigenvalue weighted by molar-refractivity contribution is 6.42. The normalized spacial score (nSPS) is 12.7. The van der Waals surface area contributed by atoms with E-state index in [4.69, 9.17) is 44.3 Å². The van der Waals surface area contributed by atoms with Crippen LogP contribution in [0.25, 0.3) is 6.08 Å². The fourth-order valence-corrected chi connectivity index (χ4v) is 4.02. The minimum absolute atomic E-state index is 0.0918. The van der Waals surface area contributed by atoms with E-state index >= 15 is 0 Å². The second kappa shape index (κ2) is 9.37. The van der Waals surface area contributed by atoms with Crippen LogP contribution < -0.4 is 9.47 Å². The summed E-state index contributed by atoms with van der Waals surface area (Å²) in [6.45, 7) is 2.41. The Morgan fingerprint density at radius 1 is 0.812 bits per heavy atom. The number of halogens is 3. The second-order valence-electron chi connectivity index (χ2n) is 7.06. The van der Waals surface area contributed by atoms with Crippen LogP contribution in [0.3, 0.4) is 0 Å². The lowest BCUT2D eigenvalue weighted by Crippen LogP contribution is -2.02. The molecule has 0 saturated carbocycles. The van der Waals surface area contributed by atoms with E-state index in [1.165, 1.54) is 6.08 Å². The first-order chi connectivity index (χ1) is 15.4. The van der Waals surface area contributed by atoms with Crippen molar-refractivity contribution < 1.29 is 19.1 Å². The lowest BCUT2D eigenvalue weighted by atomic mass is 10.1. The van der Waals surface area contributed by atoms with Gasteiger partial charge in [-0.15, -0.1) is 0 Å². The first kappa shape index (κ1) is 22.4. The molecule has 0 spiro atoms. The lowest BCUT2D eigenvalue weighted by molar-refractivity contribution is 0.0990. The van der Waals surface area contributed by atoms with Crippen LogP contribution in [0.5, 0.6) is 11.5 Å². The van der Waals surface area contributed by atoms with Gasteiger partial charge < -0.3 is 9.47 Å². The van der Waals surface area contributed by atoms with Crippen LogP contribution in [0.15, 0.2) is 60.2 Å². The highest BCUT2D eigenvalue weighted by Crippen LogP contribution is 2.39. The van der Waals surface area contributed by atoms with Crippen molar-refractivity contribution in [3.63, 3.8) is 0 Å². The molecular weight excluding hydrogens is 471 g/mol. The standard InChI is InChI=1S/C25H17Cl3O4/c1-2-31-22-12-15(9-18-23(29)16-5-3-4-6-17(16)24(18)30)11-21(28)25(22)32-13-14-7-8-19(26)20(27)10-14/h3-12H,2,13H2,1H3. The summed E-state index contributed by atoms with van der Waals surface area (Å²) in [6, 6.07) is 15.3. The summed E-state index contributed by atoms with van der Waals surface area (Å²) in [6.07, 6.45) is 1.53. The van der Waals surface area contributed by atoms with E-state index in [-0.39, 0.29) is 23.7 Å². The summed E-state index contributed by atoms with van der Waals surface area (Å²) < 4.78 is 11.6. The zero-order chi connectivity index (χ0) is 22.8. The smallest absolute Gasteiger partial charge is 0.197 e. The highest BCUT2D eigenvalue weighted by atomic mass is 35.5. The van der Waals surface area contributed by atoms with Crippen molar-refractivity contribution in [1.29, 1.82) is 0 Å². The van der Waals surface area contributed by atoms with Gasteiger partial charge >= 0.3 is 0 Å². The van der Waals surface area contributed by atoms with Crippen molar-refractivity contribution in [2.75, 3.05) is 6.61 Å². The Hall–Kier alpha value is -2.79. The summed E-state index contributed by atoms with van der Waals surface area (Å²) in [7, 11) is 0. The Bertz CT molecular complexity index is 1230. The molecule has 0 atom stereocenters. The summed E-state index contributed by atoms with van der Waals surface area (Å²) in [5, 5.41) is 1.18. The summed E-state index contributed by atoms with van der Waals surface area (Å²) in [5.74, 6) is 0.149. The summed E-state index contributed by atoms with van der Waals surface area (Å²) in [5.41, 5.74) is 2.27. The summed E-state index contributed by atoms with van der Waals surface area (Å²) >= 11 is 18.5. The minimum Gasteiger partial charge on any atom is -0.490 e. The number of carbonyl (C=O) groups is 2. The van der Waals surface area contributed by atoms with E-state index in [0.717, 1.165) is 5.56 Å². The number of benzene rings is 3. The van der Waals surface area contributed by atoms with Gasteiger partial charge in [-0.1, -0.05) is 65.1 Å². The number of carbonyl (C=O) groups excluding carboxylic acids is 2. The third kappa shape index (κ3) is 4.40. The van der Waals surface area contributed by atoms with Crippen LogP contribution in [0.4, 0.5) is 0 Å². The van der Waals surface area contributed by atoms with Crippen molar-refractivity contribution in [1.82, 2.24) is 0 Å². The van der Waals surface area contributed by atoms with Gasteiger partial charge in [-0.3, -0.25) is 9.59 Å². The molecule has 1 aliphatic rings. The second-order valence-corrected chi connectivity index (χ2v) is 8.28. The molecule has 0 N–H and O–H groups in total. The van der Waals surface area contributed by atoms with Gasteiger partial charge in [-0.05, 0) is 48.4 Å². The Morgan fingerprint density at radius 3 is 2.12 bits per heavy atom. The number of ether oxygens (including phenoxy) is 2. The fraction of sp³-hybridized carbons (Fsp3) is 0.120. The van der Waals surface area contributed by atoms with Gasteiger partial charge in [0, 0.05) is 11.1 Å². The van der Waals surface area contributed by atoms with Crippen LogP contribution in [-0.2, 0) is 6.61 Å². The molecule has 0 aromatic heterocycles. The van der Waals surface area contributed by atoms with Gasteiger partial charge in [0.05, 0.1) is 27.2 Å². The van der Waals surface area contributed by atoms with Gasteiger partial charge in [0.2, 0.25) is 0 Å². The SMILES string of the molecule is CCOc1cc(C=C2C(=O)c3ccccc3C2=O)cc(Cl)c1OCc1ccc(Cl)c(Cl)c1. The van der Waals surface area contributed by atoms with E-state index in [1.807, 2.05) is 6.92 Å². The van der Waals surface area contributed by atoms with E-state index in [0.29, 0.717) is 49.9 Å². The lowest BCUT2D eigenvalue weighted by Gasteiger charge is -2.15. The van der Waals surface area contributed by atoms with Gasteiger partial charge in [-0.2, -0.15) is 0 Å². The predicted octanol–water partition coefficient (Wildman–Crippen LogP) is 7.09. The number of hydrogen-bond acceptors (Lipinski definition) is 4. The van der Waals surface area contributed by atoms with E-state index in [2.05, 4.69) is 0 Å². The Balaban J connectivity index is 1.64. The van der Waals surface area contributed by atoms with Crippen molar-refractivity contribution in [3.8, 4) is 11.5 Å². The maximum Gasteiger partial charge on any atom is 0.197 e. The van der Waals surface area contributed by atoms with Crippen LogP contribution in [-0.4, -0.2) is 18.2 Å². The third-order valence-electron chi connectivity index (χ3n) is 4.92. The molecular formula is C25H17Cl3O4. The topological polar surface area (TPSA) is 52.6 Å². The molecule has 0 heterocycles. The molecule has 0 aliphatic heterocycles. The number of rotatable bonds is 6. The molecule has 0 fully saturated rings. The maximum atomic E-state index is 12.7. The monoisotopic (exact) mass is 486 g/mol. The van der Waals surface area contributed by atoms with Gasteiger partial charge in [0.15, 0.2) is 23.1 Å². The van der Waals surface area contributed by atoms with Crippen molar-refractivity contribution in [2.24, 2.45) is 0 Å². The Kier molecular flexibility index (Phi) is 6.56. The molecule has 3 aromatic rings. The molecule has 0 radical (unpaired) electrons. The highest BCUT2D eigenvalue weighted by Gasteiger charge is 2.32. The number of Topliss-reactive ketones (excluding diaryl/α,β-unsaturated/α-hetero) is 2. The molecule has 32 heavy (non-hydrogen) atoms. The number of fused-ring (bicyclic) bond motifs is 1. The quantitative estimate of drug-likeness (QED) is 0.275. The maximum absolute atomic E-state index is 12.7. The number of hydrogen-bond donors (Lipinski definition) is 0. The average Bonchev–Trinajstić information content (AvgIpc) is 3.01. The van der Waals surface area contributed by atoms with Crippen LogP contribution >= 0.6 is 34.8 Å². The van der Waals surface area contributed by atoms with Crippen LogP contribution in [0, 0.1) is 0 Å². The minimum atomic E-state index is -0.306. The predicted molar refractivity (Wildman–Crippen MR) is 126 cm³/mol. The van der Waals surface area contributed by atoms with Crippen molar-refractivity contribution in [2.45, 2.75) is 13.5 Å². The average molecular weight is 488 g/mol. The molecule has 0 amide bonds. The molecule has 4 nitrogen and oxygen atoms in total. The molecule has 162 valence electrons. The number of ketones is 2. The van der Waals surface area contributed by atoms with E-state index in [9.17, 15) is 9.59 Å². The molecule has 4 rings (SSSR count). The Labute approximate surface area is 200 Å². The van der Waals surface area contributed by atoms with E-state index in [1.54, 1.807) is 54.6 Å². The Morgan fingerprint density at radius 2 is 1.50 bits per heavy atom. The van der Waals surface area contributed by atoms with Gasteiger partial charge in [-0.25, -0.2) is 0 Å². The molecule has 7 heteroatoms. The third-order valence-corrected chi connectivity index (χ3v) is 5.94. The van der Waals surface area contributed by atoms with Crippen LogP contribution in [0.2, 0.25) is 15.1 Å². The van der Waals surface area contributed by atoms with Gasteiger partial charge in [0.1, 0.15) is 6.61 Å². The molecule has 0 bridgehead atoms. The first-order valence-corrected chi connectivity index (χ1v) is 11.0. The van der Waals surface area contributed by atoms with Crippen molar-refractivity contribution in [3.05, 3.63) is 97.5 Å². The largest absolute Gasteiger partial charge is 0.490 e. The fourth-order valence-electron chi connectivity index (χ4n) is 3.43. The first-order valence-electron chi connectivity index (χ1n) is 9.82. The van der Waals surface area contributed by atoms with Gasteiger partial charge in [0.25, 0.3) is 0 Å². The summed E-state index contributed by atoms with van der Waals surface area (Å²) in [4.78, 5) is 25.4. The van der Waals surface area contributed by atoms with Crippen LogP contribution in [0.1, 0.15) is 38.8 Å². The van der Waals surface area contributed by atoms with E-state index < -0.39 is 0 Å². The molecule has 1 aliphatic carbocycles. The molecule has 0 unspecified atom stereocenters.